The first-order chi connectivity index (χ1) is 7.08. The summed E-state index contributed by atoms with van der Waals surface area (Å²) in [5, 5.41) is 5.36. The van der Waals surface area contributed by atoms with Gasteiger partial charge in [-0.05, 0) is 26.7 Å². The van der Waals surface area contributed by atoms with Gasteiger partial charge >= 0.3 is 0 Å². The number of aromatic nitrogens is 1. The highest BCUT2D eigenvalue weighted by molar-refractivity contribution is 7.13. The molecule has 1 aromatic heterocycles. The van der Waals surface area contributed by atoms with Crippen LogP contribution in [0.5, 0.6) is 0 Å². The Hall–Kier alpha value is -0.940. The number of rotatable bonds is 5. The predicted octanol–water partition coefficient (Wildman–Crippen LogP) is 1.91. The third-order valence-corrected chi connectivity index (χ3v) is 2.80. The summed E-state index contributed by atoms with van der Waals surface area (Å²) < 4.78 is 0. The molecule has 1 atom stereocenters. The fourth-order valence-corrected chi connectivity index (χ4v) is 1.88. The number of carbonyl (C=O) groups excluding carboxylic acids is 1. The van der Waals surface area contributed by atoms with Gasteiger partial charge in [0.05, 0.1) is 5.69 Å². The molecule has 4 nitrogen and oxygen atoms in total. The van der Waals surface area contributed by atoms with Crippen molar-refractivity contribution in [2.75, 3.05) is 5.32 Å². The Balaban J connectivity index is 2.24. The summed E-state index contributed by atoms with van der Waals surface area (Å²) in [7, 11) is 0. The SMILES string of the molecule is Cc1csc(NC(=O)CCCC(C)N)n1. The average molecular weight is 227 g/mol. The molecule has 1 aromatic rings. The average Bonchev–Trinajstić information content (AvgIpc) is 2.50. The highest BCUT2D eigenvalue weighted by Crippen LogP contribution is 2.14. The number of nitrogens with zero attached hydrogens (tertiary/aromatic N) is 1. The number of nitrogens with two attached hydrogens (primary N) is 1. The van der Waals surface area contributed by atoms with Gasteiger partial charge in [-0.3, -0.25) is 4.79 Å². The molecule has 15 heavy (non-hydrogen) atoms. The van der Waals surface area contributed by atoms with Gasteiger partial charge in [-0.15, -0.1) is 11.3 Å². The molecular weight excluding hydrogens is 210 g/mol. The number of hydrogen-bond donors (Lipinski definition) is 2. The van der Waals surface area contributed by atoms with Crippen molar-refractivity contribution >= 4 is 22.4 Å². The van der Waals surface area contributed by atoms with E-state index < -0.39 is 0 Å². The molecule has 1 rings (SSSR count). The van der Waals surface area contributed by atoms with E-state index in [4.69, 9.17) is 5.73 Å². The van der Waals surface area contributed by atoms with E-state index in [0.29, 0.717) is 11.6 Å². The van der Waals surface area contributed by atoms with Crippen molar-refractivity contribution in [2.45, 2.75) is 39.2 Å². The van der Waals surface area contributed by atoms with Crippen LogP contribution in [0.25, 0.3) is 0 Å². The minimum atomic E-state index is 0.0185. The Morgan fingerprint density at radius 3 is 3.00 bits per heavy atom. The summed E-state index contributed by atoms with van der Waals surface area (Å²) in [6.45, 7) is 3.85. The lowest BCUT2D eigenvalue weighted by molar-refractivity contribution is -0.116. The van der Waals surface area contributed by atoms with Crippen molar-refractivity contribution in [3.05, 3.63) is 11.1 Å². The molecule has 0 aliphatic carbocycles. The number of thiazole rings is 1. The topological polar surface area (TPSA) is 68.0 Å². The largest absolute Gasteiger partial charge is 0.328 e. The third-order valence-electron chi connectivity index (χ3n) is 1.93. The number of hydrogen-bond acceptors (Lipinski definition) is 4. The zero-order valence-electron chi connectivity index (χ0n) is 9.12. The van der Waals surface area contributed by atoms with Crippen molar-refractivity contribution < 1.29 is 4.79 Å². The van der Waals surface area contributed by atoms with Crippen molar-refractivity contribution in [1.29, 1.82) is 0 Å². The molecular formula is C10H17N3OS. The van der Waals surface area contributed by atoms with Crippen LogP contribution in [0, 0.1) is 6.92 Å². The maximum absolute atomic E-state index is 11.4. The number of aryl methyl sites for hydroxylation is 1. The van der Waals surface area contributed by atoms with Crippen LogP contribution in [0.15, 0.2) is 5.38 Å². The van der Waals surface area contributed by atoms with E-state index in [1.807, 2.05) is 19.2 Å². The van der Waals surface area contributed by atoms with Gasteiger partial charge in [-0.25, -0.2) is 4.98 Å². The van der Waals surface area contributed by atoms with E-state index >= 15 is 0 Å². The van der Waals surface area contributed by atoms with Crippen LogP contribution in [0.1, 0.15) is 31.9 Å². The normalized spacial score (nSPS) is 12.5. The van der Waals surface area contributed by atoms with Gasteiger partial charge in [0.1, 0.15) is 0 Å². The Bertz CT molecular complexity index is 322. The number of nitrogens with one attached hydrogen (secondary N) is 1. The molecule has 1 unspecified atom stereocenters. The second-order valence-electron chi connectivity index (χ2n) is 3.71. The lowest BCUT2D eigenvalue weighted by atomic mass is 10.1. The highest BCUT2D eigenvalue weighted by Gasteiger charge is 2.05. The van der Waals surface area contributed by atoms with Gasteiger partial charge in [0.25, 0.3) is 0 Å². The van der Waals surface area contributed by atoms with Crippen LogP contribution < -0.4 is 11.1 Å². The smallest absolute Gasteiger partial charge is 0.226 e. The maximum Gasteiger partial charge on any atom is 0.226 e. The molecule has 0 aliphatic heterocycles. The van der Waals surface area contributed by atoms with Crippen LogP contribution in [0.4, 0.5) is 5.13 Å². The summed E-state index contributed by atoms with van der Waals surface area (Å²) in [6, 6.07) is 0.167. The van der Waals surface area contributed by atoms with Crippen molar-refractivity contribution in [2.24, 2.45) is 5.73 Å². The van der Waals surface area contributed by atoms with Gasteiger partial charge in [-0.2, -0.15) is 0 Å². The van der Waals surface area contributed by atoms with Crippen molar-refractivity contribution in [3.8, 4) is 0 Å². The minimum Gasteiger partial charge on any atom is -0.328 e. The van der Waals surface area contributed by atoms with E-state index in [1.165, 1.54) is 11.3 Å². The van der Waals surface area contributed by atoms with Crippen molar-refractivity contribution in [1.82, 2.24) is 4.98 Å². The number of anilines is 1. The summed E-state index contributed by atoms with van der Waals surface area (Å²) in [6.07, 6.45) is 2.22. The quantitative estimate of drug-likeness (QED) is 0.807. The minimum absolute atomic E-state index is 0.0185. The molecule has 0 aliphatic rings. The molecule has 0 spiro atoms. The van der Waals surface area contributed by atoms with Crippen LogP contribution >= 0.6 is 11.3 Å². The predicted molar refractivity (Wildman–Crippen MR) is 63.0 cm³/mol. The van der Waals surface area contributed by atoms with Gasteiger partial charge in [0.15, 0.2) is 5.13 Å². The molecule has 5 heteroatoms. The molecule has 1 heterocycles. The highest BCUT2D eigenvalue weighted by atomic mass is 32.1. The summed E-state index contributed by atoms with van der Waals surface area (Å²) >= 11 is 1.45. The standard InChI is InChI=1S/C10H17N3OS/c1-7(11)4-3-5-9(14)13-10-12-8(2)6-15-10/h6-7H,3-5,11H2,1-2H3,(H,12,13,14). The van der Waals surface area contributed by atoms with Crippen LogP contribution in [0.3, 0.4) is 0 Å². The molecule has 0 saturated carbocycles. The van der Waals surface area contributed by atoms with E-state index in [9.17, 15) is 4.79 Å². The second-order valence-corrected chi connectivity index (χ2v) is 4.57. The van der Waals surface area contributed by atoms with Crippen LogP contribution in [0.2, 0.25) is 0 Å². The van der Waals surface area contributed by atoms with E-state index in [2.05, 4.69) is 10.3 Å². The Morgan fingerprint density at radius 1 is 1.73 bits per heavy atom. The molecule has 0 aromatic carbocycles. The summed E-state index contributed by atoms with van der Waals surface area (Å²) in [5.41, 5.74) is 6.53. The van der Waals surface area contributed by atoms with E-state index in [0.717, 1.165) is 18.5 Å². The Kier molecular flexibility index (Phi) is 4.71. The first-order valence-electron chi connectivity index (χ1n) is 5.05. The van der Waals surface area contributed by atoms with Gasteiger partial charge in [0, 0.05) is 17.8 Å². The van der Waals surface area contributed by atoms with Crippen LogP contribution in [-0.2, 0) is 4.79 Å². The molecule has 0 saturated heterocycles. The van der Waals surface area contributed by atoms with Gasteiger partial charge < -0.3 is 11.1 Å². The number of carbonyl (C=O) groups is 1. The Morgan fingerprint density at radius 2 is 2.47 bits per heavy atom. The third kappa shape index (κ3) is 4.90. The maximum atomic E-state index is 11.4. The summed E-state index contributed by atoms with van der Waals surface area (Å²) in [5.74, 6) is 0.0185. The lowest BCUT2D eigenvalue weighted by Crippen LogP contribution is -2.16. The molecule has 0 radical (unpaired) electrons. The zero-order chi connectivity index (χ0) is 11.3. The zero-order valence-corrected chi connectivity index (χ0v) is 9.93. The molecule has 0 fully saturated rings. The molecule has 1 amide bonds. The number of amides is 1. The van der Waals surface area contributed by atoms with Crippen LogP contribution in [-0.4, -0.2) is 16.9 Å². The first-order valence-corrected chi connectivity index (χ1v) is 5.93. The van der Waals surface area contributed by atoms with Gasteiger partial charge in [-0.1, -0.05) is 0 Å². The Labute approximate surface area is 93.9 Å². The van der Waals surface area contributed by atoms with E-state index in [-0.39, 0.29) is 11.9 Å². The fraction of sp³-hybridized carbons (Fsp3) is 0.600. The van der Waals surface area contributed by atoms with Crippen molar-refractivity contribution in [3.63, 3.8) is 0 Å². The lowest BCUT2D eigenvalue weighted by Gasteiger charge is -2.04. The molecule has 0 bridgehead atoms. The summed E-state index contributed by atoms with van der Waals surface area (Å²) in [4.78, 5) is 15.6. The monoisotopic (exact) mass is 227 g/mol. The molecule has 3 N–H and O–H groups in total. The fourth-order valence-electron chi connectivity index (χ4n) is 1.18. The second kappa shape index (κ2) is 5.82. The van der Waals surface area contributed by atoms with E-state index in [1.54, 1.807) is 0 Å². The first kappa shape index (κ1) is 12.1. The molecule has 84 valence electrons. The van der Waals surface area contributed by atoms with Gasteiger partial charge in [0.2, 0.25) is 5.91 Å².